The Bertz CT molecular complexity index is 1100. The normalized spacial score (nSPS) is 16.5. The summed E-state index contributed by atoms with van der Waals surface area (Å²) in [6.45, 7) is 4.64. The molecule has 0 N–H and O–H groups in total. The number of carbonyl (C=O) groups excluding carboxylic acids is 4. The topological polar surface area (TPSA) is 84.0 Å². The minimum Gasteiger partial charge on any atom is -0.469 e. The molecule has 0 spiro atoms. The lowest BCUT2D eigenvalue weighted by atomic mass is 9.96. The van der Waals surface area contributed by atoms with Gasteiger partial charge in [0.2, 0.25) is 0 Å². The van der Waals surface area contributed by atoms with Gasteiger partial charge in [0.25, 0.3) is 17.7 Å². The number of likely N-dealkylation sites (tertiary alicyclic amines) is 1. The fraction of sp³-hybridized carbons (Fsp3) is 0.333. The fourth-order valence-corrected chi connectivity index (χ4v) is 4.22. The summed E-state index contributed by atoms with van der Waals surface area (Å²) in [5, 5.41) is 0. The number of anilines is 1. The minimum atomic E-state index is -0.423. The van der Waals surface area contributed by atoms with E-state index in [1.807, 2.05) is 32.0 Å². The van der Waals surface area contributed by atoms with Crippen molar-refractivity contribution >= 4 is 29.4 Å². The van der Waals surface area contributed by atoms with Crippen molar-refractivity contribution in [2.24, 2.45) is 5.92 Å². The summed E-state index contributed by atoms with van der Waals surface area (Å²) in [7, 11) is 1.37. The number of carbonyl (C=O) groups is 4. The zero-order chi connectivity index (χ0) is 22.3. The van der Waals surface area contributed by atoms with Crippen LogP contribution >= 0.6 is 0 Å². The van der Waals surface area contributed by atoms with Crippen LogP contribution < -0.4 is 4.90 Å². The van der Waals surface area contributed by atoms with Gasteiger partial charge in [0.05, 0.1) is 29.8 Å². The van der Waals surface area contributed by atoms with Crippen molar-refractivity contribution in [1.29, 1.82) is 0 Å². The highest BCUT2D eigenvalue weighted by Crippen LogP contribution is 2.32. The Labute approximate surface area is 180 Å². The zero-order valence-corrected chi connectivity index (χ0v) is 17.8. The van der Waals surface area contributed by atoms with E-state index in [9.17, 15) is 19.2 Å². The highest BCUT2D eigenvalue weighted by atomic mass is 16.5. The molecule has 0 unspecified atom stereocenters. The van der Waals surface area contributed by atoms with Crippen LogP contribution in [0.2, 0.25) is 0 Å². The van der Waals surface area contributed by atoms with Gasteiger partial charge in [0.1, 0.15) is 0 Å². The molecule has 4 rings (SSSR count). The van der Waals surface area contributed by atoms with E-state index in [4.69, 9.17) is 4.74 Å². The van der Waals surface area contributed by atoms with Gasteiger partial charge in [-0.1, -0.05) is 12.1 Å². The van der Waals surface area contributed by atoms with Crippen LogP contribution in [-0.4, -0.2) is 48.8 Å². The van der Waals surface area contributed by atoms with Crippen molar-refractivity contribution < 1.29 is 23.9 Å². The first-order valence-corrected chi connectivity index (χ1v) is 10.3. The van der Waals surface area contributed by atoms with Crippen LogP contribution in [-0.2, 0) is 9.53 Å². The Balaban J connectivity index is 1.57. The molecule has 1 saturated heterocycles. The maximum Gasteiger partial charge on any atom is 0.308 e. The van der Waals surface area contributed by atoms with Crippen molar-refractivity contribution in [1.82, 2.24) is 4.90 Å². The van der Waals surface area contributed by atoms with E-state index >= 15 is 0 Å². The van der Waals surface area contributed by atoms with Crippen LogP contribution in [0.4, 0.5) is 5.69 Å². The first kappa shape index (κ1) is 20.8. The lowest BCUT2D eigenvalue weighted by molar-refractivity contribution is -0.146. The number of hydrogen-bond acceptors (Lipinski definition) is 5. The van der Waals surface area contributed by atoms with E-state index in [-0.39, 0.29) is 29.3 Å². The fourth-order valence-electron chi connectivity index (χ4n) is 4.22. The SMILES string of the molecule is COC(=O)C1CCN(C(=O)c2ccc3c(c2)C(=O)N(c2cc(C)ccc2C)C3=O)CC1. The predicted octanol–water partition coefficient (Wildman–Crippen LogP) is 3.13. The quantitative estimate of drug-likeness (QED) is 0.563. The van der Waals surface area contributed by atoms with Crippen LogP contribution in [0.3, 0.4) is 0 Å². The largest absolute Gasteiger partial charge is 0.469 e. The van der Waals surface area contributed by atoms with Gasteiger partial charge in [0, 0.05) is 18.7 Å². The average Bonchev–Trinajstić information content (AvgIpc) is 3.04. The second-order valence-corrected chi connectivity index (χ2v) is 8.09. The van der Waals surface area contributed by atoms with Crippen molar-refractivity contribution in [2.75, 3.05) is 25.1 Å². The molecular formula is C24H24N2O5. The van der Waals surface area contributed by atoms with E-state index in [0.29, 0.717) is 42.7 Å². The number of amides is 3. The second-order valence-electron chi connectivity index (χ2n) is 8.09. The Morgan fingerprint density at radius 1 is 0.935 bits per heavy atom. The number of rotatable bonds is 3. The van der Waals surface area contributed by atoms with Crippen molar-refractivity contribution in [2.45, 2.75) is 26.7 Å². The maximum atomic E-state index is 13.1. The van der Waals surface area contributed by atoms with Crippen LogP contribution in [0.25, 0.3) is 0 Å². The van der Waals surface area contributed by atoms with E-state index in [1.165, 1.54) is 18.1 Å². The summed E-state index contributed by atoms with van der Waals surface area (Å²) >= 11 is 0. The average molecular weight is 420 g/mol. The van der Waals surface area contributed by atoms with E-state index in [0.717, 1.165) is 11.1 Å². The number of aryl methyl sites for hydroxylation is 2. The molecule has 0 aromatic heterocycles. The molecule has 1 fully saturated rings. The molecule has 0 saturated carbocycles. The third-order valence-corrected chi connectivity index (χ3v) is 6.06. The predicted molar refractivity (Wildman–Crippen MR) is 114 cm³/mol. The van der Waals surface area contributed by atoms with Gasteiger partial charge in [-0.2, -0.15) is 0 Å². The van der Waals surface area contributed by atoms with Crippen molar-refractivity contribution in [3.63, 3.8) is 0 Å². The molecule has 0 atom stereocenters. The monoisotopic (exact) mass is 420 g/mol. The lowest BCUT2D eigenvalue weighted by Gasteiger charge is -2.30. The number of benzene rings is 2. The standard InChI is InChI=1S/C24H24N2O5/c1-14-4-5-15(2)20(12-14)26-22(28)18-7-6-17(13-19(18)23(26)29)21(27)25-10-8-16(9-11-25)24(30)31-3/h4-7,12-13,16H,8-11H2,1-3H3. The van der Waals surface area contributed by atoms with Gasteiger partial charge in [-0.3, -0.25) is 19.2 Å². The van der Waals surface area contributed by atoms with Crippen LogP contribution in [0.15, 0.2) is 36.4 Å². The van der Waals surface area contributed by atoms with Crippen LogP contribution in [0.5, 0.6) is 0 Å². The number of methoxy groups -OCH3 is 1. The molecule has 3 amide bonds. The molecule has 2 aromatic rings. The number of hydrogen-bond donors (Lipinski definition) is 0. The Morgan fingerprint density at radius 2 is 1.61 bits per heavy atom. The summed E-state index contributed by atoms with van der Waals surface area (Å²) < 4.78 is 4.79. The van der Waals surface area contributed by atoms with Gasteiger partial charge in [-0.25, -0.2) is 4.90 Å². The van der Waals surface area contributed by atoms with Crippen LogP contribution in [0, 0.1) is 19.8 Å². The Kier molecular flexibility index (Phi) is 5.35. The zero-order valence-electron chi connectivity index (χ0n) is 17.8. The summed E-state index contributed by atoms with van der Waals surface area (Å²) in [6, 6.07) is 10.3. The number of esters is 1. The number of nitrogens with zero attached hydrogens (tertiary/aromatic N) is 2. The summed E-state index contributed by atoms with van der Waals surface area (Å²) in [5.74, 6) is -1.46. The van der Waals surface area contributed by atoms with Gasteiger partial charge < -0.3 is 9.64 Å². The molecule has 2 aliphatic rings. The maximum absolute atomic E-state index is 13.1. The summed E-state index contributed by atoms with van der Waals surface area (Å²) in [4.78, 5) is 53.6. The number of ether oxygens (including phenoxy) is 1. The third-order valence-electron chi connectivity index (χ3n) is 6.06. The minimum absolute atomic E-state index is 0.195. The molecule has 0 aliphatic carbocycles. The molecule has 0 bridgehead atoms. The second kappa shape index (κ2) is 7.98. The van der Waals surface area contributed by atoms with Gasteiger partial charge in [0.15, 0.2) is 0 Å². The van der Waals surface area contributed by atoms with E-state index < -0.39 is 5.91 Å². The van der Waals surface area contributed by atoms with Gasteiger partial charge in [-0.05, 0) is 62.1 Å². The van der Waals surface area contributed by atoms with E-state index in [1.54, 1.807) is 17.0 Å². The molecule has 2 aromatic carbocycles. The summed E-state index contributed by atoms with van der Waals surface area (Å²) in [6.07, 6.45) is 1.09. The van der Waals surface area contributed by atoms with Crippen molar-refractivity contribution in [3.05, 3.63) is 64.2 Å². The first-order valence-electron chi connectivity index (χ1n) is 10.3. The Morgan fingerprint density at radius 3 is 2.29 bits per heavy atom. The molecule has 2 aliphatic heterocycles. The van der Waals surface area contributed by atoms with Crippen molar-refractivity contribution in [3.8, 4) is 0 Å². The molecule has 7 nitrogen and oxygen atoms in total. The van der Waals surface area contributed by atoms with Crippen LogP contribution in [0.1, 0.15) is 55.0 Å². The van der Waals surface area contributed by atoms with Gasteiger partial charge >= 0.3 is 5.97 Å². The number of imide groups is 1. The first-order chi connectivity index (χ1) is 14.8. The summed E-state index contributed by atoms with van der Waals surface area (Å²) in [5.41, 5.74) is 3.23. The molecule has 31 heavy (non-hydrogen) atoms. The highest BCUT2D eigenvalue weighted by molar-refractivity contribution is 6.35. The Hall–Kier alpha value is -3.48. The number of piperidine rings is 1. The van der Waals surface area contributed by atoms with Gasteiger partial charge in [-0.15, -0.1) is 0 Å². The highest BCUT2D eigenvalue weighted by Gasteiger charge is 2.38. The molecule has 7 heteroatoms. The lowest BCUT2D eigenvalue weighted by Crippen LogP contribution is -2.40. The molecule has 160 valence electrons. The van der Waals surface area contributed by atoms with E-state index in [2.05, 4.69) is 0 Å². The third kappa shape index (κ3) is 3.60. The molecule has 2 heterocycles. The number of fused-ring (bicyclic) bond motifs is 1. The molecule has 0 radical (unpaired) electrons. The smallest absolute Gasteiger partial charge is 0.308 e. The molecular weight excluding hydrogens is 396 g/mol.